The topological polar surface area (TPSA) is 70.2 Å². The maximum Gasteiger partial charge on any atom is 0.314 e. The summed E-state index contributed by atoms with van der Waals surface area (Å²) in [4.78, 5) is 22.5. The Labute approximate surface area is 135 Å². The molecule has 3 rings (SSSR count). The van der Waals surface area contributed by atoms with Crippen molar-refractivity contribution in [3.63, 3.8) is 0 Å². The fourth-order valence-electron chi connectivity index (χ4n) is 2.85. The van der Waals surface area contributed by atoms with Gasteiger partial charge >= 0.3 is 6.03 Å². The van der Waals surface area contributed by atoms with E-state index >= 15 is 0 Å². The Hall–Kier alpha value is -2.63. The van der Waals surface area contributed by atoms with Crippen molar-refractivity contribution in [3.8, 4) is 11.3 Å². The molecule has 0 spiro atoms. The molecule has 23 heavy (non-hydrogen) atoms. The summed E-state index contributed by atoms with van der Waals surface area (Å²) >= 11 is 0. The number of carbonyl (C=O) groups is 1. The van der Waals surface area contributed by atoms with Crippen molar-refractivity contribution in [3.05, 3.63) is 42.7 Å². The zero-order valence-corrected chi connectivity index (χ0v) is 13.2. The van der Waals surface area contributed by atoms with Crippen molar-refractivity contribution in [2.75, 3.05) is 25.0 Å². The molecule has 0 saturated carbocycles. The average molecular weight is 311 g/mol. The zero-order chi connectivity index (χ0) is 16.1. The molecule has 6 nitrogen and oxygen atoms in total. The summed E-state index contributed by atoms with van der Waals surface area (Å²) in [6.07, 6.45) is 3.62. The number of anilines is 1. The Morgan fingerprint density at radius 1 is 1.26 bits per heavy atom. The number of carbonyl (C=O) groups excluding carboxylic acids is 1. The lowest BCUT2D eigenvalue weighted by atomic mass is 10.1. The van der Waals surface area contributed by atoms with Crippen LogP contribution in [0.4, 0.5) is 10.6 Å². The highest BCUT2D eigenvalue weighted by Gasteiger charge is 2.22. The second-order valence-electron chi connectivity index (χ2n) is 5.64. The van der Waals surface area contributed by atoms with Gasteiger partial charge in [-0.15, -0.1) is 0 Å². The molecule has 1 aromatic carbocycles. The summed E-state index contributed by atoms with van der Waals surface area (Å²) < 4.78 is 0. The molecule has 2 heterocycles. The number of aromatic nitrogens is 2. The molecule has 0 radical (unpaired) electrons. The van der Waals surface area contributed by atoms with E-state index in [1.165, 1.54) is 0 Å². The first-order chi connectivity index (χ1) is 11.3. The van der Waals surface area contributed by atoms with Gasteiger partial charge in [-0.05, 0) is 12.8 Å². The van der Waals surface area contributed by atoms with Crippen molar-refractivity contribution >= 4 is 11.8 Å². The van der Waals surface area contributed by atoms with Crippen molar-refractivity contribution in [2.24, 2.45) is 0 Å². The summed E-state index contributed by atoms with van der Waals surface area (Å²) in [6, 6.07) is 12.1. The monoisotopic (exact) mass is 311 g/mol. The predicted octanol–water partition coefficient (Wildman–Crippen LogP) is 2.04. The molecular weight excluding hydrogens is 290 g/mol. The smallest absolute Gasteiger partial charge is 0.314 e. The van der Waals surface area contributed by atoms with Crippen LogP contribution in [0.3, 0.4) is 0 Å². The van der Waals surface area contributed by atoms with E-state index in [-0.39, 0.29) is 12.1 Å². The van der Waals surface area contributed by atoms with Gasteiger partial charge in [-0.3, -0.25) is 0 Å². The van der Waals surface area contributed by atoms with E-state index in [1.807, 2.05) is 36.4 Å². The first-order valence-corrected chi connectivity index (χ1v) is 7.87. The summed E-state index contributed by atoms with van der Waals surface area (Å²) in [5.41, 5.74) is 1.99. The summed E-state index contributed by atoms with van der Waals surface area (Å²) in [5, 5.41) is 5.58. The lowest BCUT2D eigenvalue weighted by Crippen LogP contribution is -2.50. The minimum absolute atomic E-state index is 0.135. The zero-order valence-electron chi connectivity index (χ0n) is 13.2. The van der Waals surface area contributed by atoms with Crippen LogP contribution in [0.2, 0.25) is 0 Å². The number of nitrogens with zero attached hydrogens (tertiary/aromatic N) is 3. The van der Waals surface area contributed by atoms with E-state index in [1.54, 1.807) is 13.4 Å². The van der Waals surface area contributed by atoms with Gasteiger partial charge in [0, 0.05) is 37.8 Å². The van der Waals surface area contributed by atoms with E-state index in [9.17, 15) is 4.79 Å². The van der Waals surface area contributed by atoms with Gasteiger partial charge in [-0.1, -0.05) is 30.3 Å². The van der Waals surface area contributed by atoms with E-state index in [0.29, 0.717) is 0 Å². The number of urea groups is 1. The van der Waals surface area contributed by atoms with E-state index in [2.05, 4.69) is 25.5 Å². The number of nitrogens with one attached hydrogen (secondary N) is 2. The van der Waals surface area contributed by atoms with E-state index < -0.39 is 0 Å². The molecule has 2 N–H and O–H groups in total. The first kappa shape index (κ1) is 15.3. The Kier molecular flexibility index (Phi) is 4.71. The number of piperidine rings is 1. The van der Waals surface area contributed by atoms with Crippen LogP contribution < -0.4 is 15.5 Å². The molecule has 1 aliphatic rings. The fraction of sp³-hybridized carbons (Fsp3) is 0.353. The van der Waals surface area contributed by atoms with Gasteiger partial charge in [0.15, 0.2) is 0 Å². The number of rotatable bonds is 3. The lowest BCUT2D eigenvalue weighted by Gasteiger charge is -2.33. The average Bonchev–Trinajstić information content (AvgIpc) is 2.63. The van der Waals surface area contributed by atoms with Crippen LogP contribution in [0.1, 0.15) is 12.8 Å². The van der Waals surface area contributed by atoms with Crippen molar-refractivity contribution in [1.29, 1.82) is 0 Å². The molecule has 1 unspecified atom stereocenters. The summed E-state index contributed by atoms with van der Waals surface area (Å²) in [7, 11) is 1.63. The Morgan fingerprint density at radius 3 is 2.87 bits per heavy atom. The van der Waals surface area contributed by atoms with Gasteiger partial charge in [0.05, 0.1) is 5.69 Å². The molecule has 1 fully saturated rings. The lowest BCUT2D eigenvalue weighted by molar-refractivity contribution is 0.237. The van der Waals surface area contributed by atoms with Crippen LogP contribution in [0.5, 0.6) is 0 Å². The Morgan fingerprint density at radius 2 is 2.09 bits per heavy atom. The SMILES string of the molecule is CNC(=O)NC1CCCN(c2cc(-c3ccccc3)ncn2)C1. The number of benzene rings is 1. The van der Waals surface area contributed by atoms with Gasteiger partial charge in [-0.25, -0.2) is 14.8 Å². The molecule has 6 heteroatoms. The largest absolute Gasteiger partial charge is 0.354 e. The Balaban J connectivity index is 1.75. The number of amides is 2. The van der Waals surface area contributed by atoms with Gasteiger partial charge < -0.3 is 15.5 Å². The maximum atomic E-state index is 11.5. The second kappa shape index (κ2) is 7.09. The van der Waals surface area contributed by atoms with Crippen LogP contribution in [0, 0.1) is 0 Å². The standard InChI is InChI=1S/C17H21N5O/c1-18-17(23)21-14-8-5-9-22(11-14)16-10-15(19-12-20-16)13-6-3-2-4-7-13/h2-4,6-7,10,12,14H,5,8-9,11H2,1H3,(H2,18,21,23). The van der Waals surface area contributed by atoms with Crippen LogP contribution in [-0.2, 0) is 0 Å². The number of hydrogen-bond donors (Lipinski definition) is 2. The molecule has 120 valence electrons. The minimum atomic E-state index is -0.135. The molecule has 0 bridgehead atoms. The third-order valence-corrected chi connectivity index (χ3v) is 4.03. The summed E-state index contributed by atoms with van der Waals surface area (Å²) in [5.74, 6) is 0.905. The molecule has 1 atom stereocenters. The quantitative estimate of drug-likeness (QED) is 0.910. The van der Waals surface area contributed by atoms with Gasteiger partial charge in [0.25, 0.3) is 0 Å². The molecule has 1 aromatic heterocycles. The highest BCUT2D eigenvalue weighted by atomic mass is 16.2. The highest BCUT2D eigenvalue weighted by molar-refractivity contribution is 5.74. The Bertz CT molecular complexity index is 661. The molecule has 2 amide bonds. The van der Waals surface area contributed by atoms with Crippen LogP contribution in [0.25, 0.3) is 11.3 Å². The third kappa shape index (κ3) is 3.77. The van der Waals surface area contributed by atoms with Gasteiger partial charge in [0.2, 0.25) is 0 Å². The van der Waals surface area contributed by atoms with Crippen molar-refractivity contribution < 1.29 is 4.79 Å². The minimum Gasteiger partial charge on any atom is -0.354 e. The molecule has 2 aromatic rings. The number of hydrogen-bond acceptors (Lipinski definition) is 4. The first-order valence-electron chi connectivity index (χ1n) is 7.87. The molecular formula is C17H21N5O. The summed E-state index contributed by atoms with van der Waals surface area (Å²) in [6.45, 7) is 1.70. The highest BCUT2D eigenvalue weighted by Crippen LogP contribution is 2.22. The normalized spacial score (nSPS) is 17.6. The van der Waals surface area contributed by atoms with Crippen molar-refractivity contribution in [2.45, 2.75) is 18.9 Å². The van der Waals surface area contributed by atoms with E-state index in [4.69, 9.17) is 0 Å². The van der Waals surface area contributed by atoms with Gasteiger partial charge in [-0.2, -0.15) is 0 Å². The van der Waals surface area contributed by atoms with Crippen LogP contribution in [0.15, 0.2) is 42.7 Å². The fourth-order valence-corrected chi connectivity index (χ4v) is 2.85. The predicted molar refractivity (Wildman–Crippen MR) is 90.3 cm³/mol. The maximum absolute atomic E-state index is 11.5. The molecule has 1 aliphatic heterocycles. The van der Waals surface area contributed by atoms with Crippen molar-refractivity contribution in [1.82, 2.24) is 20.6 Å². The molecule has 0 aliphatic carbocycles. The third-order valence-electron chi connectivity index (χ3n) is 4.03. The second-order valence-corrected chi connectivity index (χ2v) is 5.64. The van der Waals surface area contributed by atoms with Crippen LogP contribution in [-0.4, -0.2) is 42.2 Å². The van der Waals surface area contributed by atoms with Gasteiger partial charge in [0.1, 0.15) is 12.1 Å². The van der Waals surface area contributed by atoms with Crippen LogP contribution >= 0.6 is 0 Å². The van der Waals surface area contributed by atoms with E-state index in [0.717, 1.165) is 43.0 Å². The molecule has 1 saturated heterocycles.